The van der Waals surface area contributed by atoms with Gasteiger partial charge in [-0.3, -0.25) is 0 Å². The number of rotatable bonds is 1. The molecule has 29 heavy (non-hydrogen) atoms. The van der Waals surface area contributed by atoms with Crippen molar-refractivity contribution in [1.29, 1.82) is 0 Å². The van der Waals surface area contributed by atoms with E-state index in [2.05, 4.69) is 67.9 Å². The molecule has 0 aliphatic heterocycles. The molecule has 6 rings (SSSR count). The van der Waals surface area contributed by atoms with Crippen LogP contribution >= 0.6 is 0 Å². The second-order valence-corrected chi connectivity index (χ2v) is 11.6. The van der Waals surface area contributed by atoms with Gasteiger partial charge in [0.05, 0.1) is 5.52 Å². The third kappa shape index (κ3) is 2.45. The van der Waals surface area contributed by atoms with Gasteiger partial charge in [-0.1, -0.05) is 51.5 Å². The van der Waals surface area contributed by atoms with Gasteiger partial charge in [0.1, 0.15) is 0 Å². The molecular weight excluding hydrogens is 350 g/mol. The third-order valence-electron chi connectivity index (χ3n) is 10.3. The number of hydrogen-bond acceptors (Lipinski definition) is 0. The quantitative estimate of drug-likeness (QED) is 0.471. The van der Waals surface area contributed by atoms with E-state index in [1.54, 1.807) is 5.70 Å². The monoisotopic (exact) mass is 387 g/mol. The number of benzene rings is 1. The first-order chi connectivity index (χ1) is 14.0. The van der Waals surface area contributed by atoms with E-state index in [0.29, 0.717) is 10.8 Å². The van der Waals surface area contributed by atoms with Crippen molar-refractivity contribution in [2.75, 3.05) is 0 Å². The van der Waals surface area contributed by atoms with Crippen LogP contribution in [-0.2, 0) is 0 Å². The molecule has 4 aliphatic rings. The fourth-order valence-electron chi connectivity index (χ4n) is 8.68. The minimum Gasteiger partial charge on any atom is -0.320 e. The highest BCUT2D eigenvalue weighted by atomic mass is 15.0. The van der Waals surface area contributed by atoms with Crippen molar-refractivity contribution >= 4 is 16.6 Å². The maximum atomic E-state index is 2.70. The zero-order valence-corrected chi connectivity index (χ0v) is 18.5. The predicted molar refractivity (Wildman–Crippen MR) is 122 cm³/mol. The Labute approximate surface area is 176 Å². The molecule has 0 bridgehead atoms. The molecule has 154 valence electrons. The molecule has 1 aromatic carbocycles. The summed E-state index contributed by atoms with van der Waals surface area (Å²) in [4.78, 5) is 0. The van der Waals surface area contributed by atoms with Crippen LogP contribution in [0.2, 0.25) is 0 Å². The molecule has 0 amide bonds. The minimum absolute atomic E-state index is 0.355. The van der Waals surface area contributed by atoms with Crippen LogP contribution in [0.3, 0.4) is 0 Å². The van der Waals surface area contributed by atoms with E-state index >= 15 is 0 Å². The molecule has 2 aromatic rings. The highest BCUT2D eigenvalue weighted by molar-refractivity contribution is 5.84. The van der Waals surface area contributed by atoms with Crippen LogP contribution in [0.5, 0.6) is 0 Å². The molecule has 0 saturated heterocycles. The maximum Gasteiger partial charge on any atom is 0.0525 e. The SMILES string of the molecule is C[C@@H]1CC[C@]2(C)C3CC[C@]4(C)C(n5ccc6ccccc65)=CCC4C3CC[C@@H]2C1. The topological polar surface area (TPSA) is 4.93 Å². The summed E-state index contributed by atoms with van der Waals surface area (Å²) in [6.07, 6.45) is 16.5. The van der Waals surface area contributed by atoms with E-state index in [4.69, 9.17) is 0 Å². The number of allylic oxidation sites excluding steroid dienone is 2. The van der Waals surface area contributed by atoms with E-state index in [1.807, 2.05) is 0 Å². The second kappa shape index (κ2) is 6.25. The van der Waals surface area contributed by atoms with Gasteiger partial charge in [-0.15, -0.1) is 0 Å². The average molecular weight is 388 g/mol. The summed E-state index contributed by atoms with van der Waals surface area (Å²) in [5.74, 6) is 4.73. The van der Waals surface area contributed by atoms with E-state index in [9.17, 15) is 0 Å². The molecule has 1 heteroatoms. The lowest BCUT2D eigenvalue weighted by Gasteiger charge is -2.61. The molecule has 0 radical (unpaired) electrons. The van der Waals surface area contributed by atoms with Gasteiger partial charge in [0, 0.05) is 17.3 Å². The Morgan fingerprint density at radius 2 is 1.79 bits per heavy atom. The molecule has 0 N–H and O–H groups in total. The average Bonchev–Trinajstić information content (AvgIpc) is 3.29. The van der Waals surface area contributed by atoms with Crippen LogP contribution in [0, 0.1) is 40.4 Å². The fraction of sp³-hybridized carbons (Fsp3) is 0.643. The smallest absolute Gasteiger partial charge is 0.0525 e. The lowest BCUT2D eigenvalue weighted by Crippen LogP contribution is -2.53. The summed E-state index contributed by atoms with van der Waals surface area (Å²) in [5, 5.41) is 1.37. The number of fused-ring (bicyclic) bond motifs is 6. The Morgan fingerprint density at radius 3 is 2.69 bits per heavy atom. The van der Waals surface area contributed by atoms with Gasteiger partial charge < -0.3 is 4.57 Å². The van der Waals surface area contributed by atoms with E-state index in [1.165, 1.54) is 62.3 Å². The largest absolute Gasteiger partial charge is 0.320 e. The van der Waals surface area contributed by atoms with Crippen LogP contribution in [0.4, 0.5) is 0 Å². The first kappa shape index (κ1) is 18.3. The van der Waals surface area contributed by atoms with Crippen LogP contribution in [-0.4, -0.2) is 4.57 Å². The number of nitrogens with zero attached hydrogens (tertiary/aromatic N) is 1. The van der Waals surface area contributed by atoms with E-state index in [0.717, 1.165) is 29.6 Å². The number of hydrogen-bond donors (Lipinski definition) is 0. The van der Waals surface area contributed by atoms with E-state index < -0.39 is 0 Å². The van der Waals surface area contributed by atoms with Crippen molar-refractivity contribution in [2.24, 2.45) is 40.4 Å². The molecule has 0 spiro atoms. The van der Waals surface area contributed by atoms with Crippen molar-refractivity contribution in [3.8, 4) is 0 Å². The summed E-state index contributed by atoms with van der Waals surface area (Å²) in [6, 6.07) is 11.2. The van der Waals surface area contributed by atoms with Gasteiger partial charge >= 0.3 is 0 Å². The third-order valence-corrected chi connectivity index (χ3v) is 10.3. The second-order valence-electron chi connectivity index (χ2n) is 11.6. The maximum absolute atomic E-state index is 2.70. The standard InChI is InChI=1S/C28H37N/c1-19-12-15-27(2)21(18-19)8-9-22-23-10-11-26(28(23,3)16-13-24(22)27)29-17-14-20-6-4-5-7-25(20)29/h4-7,11,14,17,19,21-24H,8-10,12-13,15-16,18H2,1-3H3/t19-,21-,22?,23?,24?,27+,28+/m1/s1. The van der Waals surface area contributed by atoms with Crippen LogP contribution in [0.1, 0.15) is 72.1 Å². The Bertz CT molecular complexity index is 966. The molecule has 3 fully saturated rings. The number of para-hydroxylation sites is 1. The van der Waals surface area contributed by atoms with Crippen molar-refractivity contribution in [2.45, 2.75) is 72.1 Å². The van der Waals surface area contributed by atoms with Gasteiger partial charge in [0.25, 0.3) is 0 Å². The molecule has 1 nitrogen and oxygen atoms in total. The number of aromatic nitrogens is 1. The summed E-state index contributed by atoms with van der Waals surface area (Å²) in [7, 11) is 0. The Morgan fingerprint density at radius 1 is 0.931 bits per heavy atom. The van der Waals surface area contributed by atoms with Crippen molar-refractivity contribution in [3.63, 3.8) is 0 Å². The van der Waals surface area contributed by atoms with Gasteiger partial charge in [-0.2, -0.15) is 0 Å². The van der Waals surface area contributed by atoms with E-state index in [-0.39, 0.29) is 0 Å². The van der Waals surface area contributed by atoms with Crippen molar-refractivity contribution in [3.05, 3.63) is 42.6 Å². The molecule has 3 saturated carbocycles. The highest BCUT2D eigenvalue weighted by Gasteiger charge is 2.58. The van der Waals surface area contributed by atoms with Gasteiger partial charge in [-0.05, 0) is 97.5 Å². The lowest BCUT2D eigenvalue weighted by molar-refractivity contribution is -0.103. The fourth-order valence-corrected chi connectivity index (χ4v) is 8.68. The molecular formula is C28H37N. The lowest BCUT2D eigenvalue weighted by atomic mass is 9.44. The molecule has 7 atom stereocenters. The summed E-state index contributed by atoms with van der Waals surface area (Å²) in [5.41, 5.74) is 3.97. The molecule has 1 heterocycles. The van der Waals surface area contributed by atoms with Crippen molar-refractivity contribution in [1.82, 2.24) is 4.57 Å². The predicted octanol–water partition coefficient (Wildman–Crippen LogP) is 7.77. The minimum atomic E-state index is 0.355. The van der Waals surface area contributed by atoms with Crippen LogP contribution < -0.4 is 0 Å². The molecule has 4 aliphatic carbocycles. The van der Waals surface area contributed by atoms with Crippen molar-refractivity contribution < 1.29 is 0 Å². The van der Waals surface area contributed by atoms with Gasteiger partial charge in [-0.25, -0.2) is 0 Å². The Hall–Kier alpha value is -1.50. The summed E-state index contributed by atoms with van der Waals surface area (Å²) >= 11 is 0. The summed E-state index contributed by atoms with van der Waals surface area (Å²) < 4.78 is 2.53. The van der Waals surface area contributed by atoms with Gasteiger partial charge in [0.2, 0.25) is 0 Å². The zero-order valence-electron chi connectivity index (χ0n) is 18.5. The first-order valence-electron chi connectivity index (χ1n) is 12.3. The summed E-state index contributed by atoms with van der Waals surface area (Å²) in [6.45, 7) is 7.81. The van der Waals surface area contributed by atoms with Crippen LogP contribution in [0.15, 0.2) is 42.6 Å². The highest BCUT2D eigenvalue weighted by Crippen LogP contribution is 2.67. The normalized spacial score (nSPS) is 44.1. The Balaban J connectivity index is 1.34. The molecule has 3 unspecified atom stereocenters. The molecule has 1 aromatic heterocycles. The first-order valence-corrected chi connectivity index (χ1v) is 12.3. The zero-order chi connectivity index (χ0) is 19.8. The van der Waals surface area contributed by atoms with Crippen LogP contribution in [0.25, 0.3) is 16.6 Å². The van der Waals surface area contributed by atoms with Gasteiger partial charge in [0.15, 0.2) is 0 Å². The Kier molecular flexibility index (Phi) is 3.94.